The van der Waals surface area contributed by atoms with Crippen molar-refractivity contribution in [2.45, 2.75) is 18.9 Å². The fourth-order valence-corrected chi connectivity index (χ4v) is 2.98. The first-order valence-corrected chi connectivity index (χ1v) is 7.58. The number of nitrogens with zero attached hydrogens (tertiary/aromatic N) is 1. The summed E-state index contributed by atoms with van der Waals surface area (Å²) in [5, 5.41) is 3.24. The number of hydrogen-bond donors (Lipinski definition) is 2. The molecule has 0 saturated carbocycles. The predicted molar refractivity (Wildman–Crippen MR) is 84.2 cm³/mol. The molecule has 1 aliphatic rings. The summed E-state index contributed by atoms with van der Waals surface area (Å²) in [6, 6.07) is 6.57. The van der Waals surface area contributed by atoms with E-state index in [1.807, 2.05) is 11.9 Å². The summed E-state index contributed by atoms with van der Waals surface area (Å²) >= 11 is 0. The highest BCUT2D eigenvalue weighted by Gasteiger charge is 2.25. The molecular weight excluding hydrogens is 281 g/mol. The number of H-pyrrole nitrogens is 1. The Kier molecular flexibility index (Phi) is 4.24. The lowest BCUT2D eigenvalue weighted by Crippen LogP contribution is -2.47. The van der Waals surface area contributed by atoms with Crippen LogP contribution in [0.3, 0.4) is 0 Å². The molecule has 116 valence electrons. The highest BCUT2D eigenvalue weighted by Crippen LogP contribution is 2.26. The summed E-state index contributed by atoms with van der Waals surface area (Å²) in [4.78, 5) is 17.7. The van der Waals surface area contributed by atoms with Gasteiger partial charge in [0.1, 0.15) is 5.82 Å². The van der Waals surface area contributed by atoms with Crippen LogP contribution in [-0.2, 0) is 0 Å². The fourth-order valence-electron chi connectivity index (χ4n) is 2.98. The van der Waals surface area contributed by atoms with Crippen molar-refractivity contribution < 1.29 is 9.18 Å². The second-order valence-corrected chi connectivity index (χ2v) is 5.67. The summed E-state index contributed by atoms with van der Waals surface area (Å²) in [5.74, 6) is -0.249. The van der Waals surface area contributed by atoms with Crippen LogP contribution in [0.1, 0.15) is 23.2 Å². The molecule has 3 rings (SSSR count). The number of aromatic amines is 1. The van der Waals surface area contributed by atoms with Gasteiger partial charge in [-0.25, -0.2) is 4.39 Å². The van der Waals surface area contributed by atoms with Crippen LogP contribution < -0.4 is 5.32 Å². The molecule has 1 aromatic carbocycles. The Morgan fingerprint density at radius 1 is 1.32 bits per heavy atom. The molecule has 2 aromatic rings. The van der Waals surface area contributed by atoms with E-state index < -0.39 is 0 Å². The number of likely N-dealkylation sites (tertiary alicyclic amines) is 1. The van der Waals surface area contributed by atoms with E-state index in [-0.39, 0.29) is 11.7 Å². The van der Waals surface area contributed by atoms with Gasteiger partial charge in [-0.3, -0.25) is 4.79 Å². The first-order valence-electron chi connectivity index (χ1n) is 7.58. The van der Waals surface area contributed by atoms with Crippen molar-refractivity contribution in [3.8, 4) is 11.1 Å². The Morgan fingerprint density at radius 2 is 2.09 bits per heavy atom. The first kappa shape index (κ1) is 14.8. The highest BCUT2D eigenvalue weighted by atomic mass is 19.1. The summed E-state index contributed by atoms with van der Waals surface area (Å²) in [5.41, 5.74) is 2.30. The lowest BCUT2D eigenvalue weighted by Gasteiger charge is -2.32. The third kappa shape index (κ3) is 2.90. The zero-order valence-electron chi connectivity index (χ0n) is 12.6. The quantitative estimate of drug-likeness (QED) is 0.915. The van der Waals surface area contributed by atoms with Crippen LogP contribution in [0, 0.1) is 5.82 Å². The number of benzene rings is 1. The maximum Gasteiger partial charge on any atom is 0.256 e. The van der Waals surface area contributed by atoms with Gasteiger partial charge in [-0.1, -0.05) is 12.1 Å². The van der Waals surface area contributed by atoms with Crippen LogP contribution >= 0.6 is 0 Å². The molecule has 4 nitrogen and oxygen atoms in total. The highest BCUT2D eigenvalue weighted by molar-refractivity contribution is 6.00. The Hall–Kier alpha value is -2.14. The van der Waals surface area contributed by atoms with Gasteiger partial charge in [-0.2, -0.15) is 0 Å². The molecule has 2 N–H and O–H groups in total. The summed E-state index contributed by atoms with van der Waals surface area (Å²) < 4.78 is 13.1. The van der Waals surface area contributed by atoms with Gasteiger partial charge in [0.05, 0.1) is 5.56 Å². The van der Waals surface area contributed by atoms with Gasteiger partial charge in [0.15, 0.2) is 0 Å². The minimum Gasteiger partial charge on any atom is -0.366 e. The Morgan fingerprint density at radius 3 is 2.82 bits per heavy atom. The largest absolute Gasteiger partial charge is 0.366 e. The normalized spacial score (nSPS) is 18.5. The Balaban J connectivity index is 1.85. The number of piperidine rings is 1. The van der Waals surface area contributed by atoms with Crippen molar-refractivity contribution >= 4 is 5.91 Å². The van der Waals surface area contributed by atoms with E-state index in [1.54, 1.807) is 24.5 Å². The number of carbonyl (C=O) groups is 1. The molecule has 0 radical (unpaired) electrons. The molecule has 1 unspecified atom stereocenters. The number of halogens is 1. The lowest BCUT2D eigenvalue weighted by atomic mass is 10.0. The van der Waals surface area contributed by atoms with Gasteiger partial charge in [-0.15, -0.1) is 0 Å². The number of rotatable bonds is 3. The van der Waals surface area contributed by atoms with E-state index in [1.165, 1.54) is 12.1 Å². The van der Waals surface area contributed by atoms with Gasteiger partial charge in [0.25, 0.3) is 5.91 Å². The van der Waals surface area contributed by atoms with Crippen LogP contribution in [0.4, 0.5) is 4.39 Å². The van der Waals surface area contributed by atoms with Crippen molar-refractivity contribution in [3.05, 3.63) is 48.0 Å². The third-order valence-electron chi connectivity index (χ3n) is 4.25. The molecule has 1 atom stereocenters. The molecule has 22 heavy (non-hydrogen) atoms. The molecule has 0 aliphatic carbocycles. The summed E-state index contributed by atoms with van der Waals surface area (Å²) in [7, 11) is 1.93. The van der Waals surface area contributed by atoms with Crippen LogP contribution in [0.15, 0.2) is 36.7 Å². The Labute approximate surface area is 129 Å². The standard InChI is InChI=1S/C17H20FN3O/c1-19-14-3-2-8-21(11-14)17(22)16-10-20-9-15(16)12-4-6-13(18)7-5-12/h4-7,9-10,14,19-20H,2-3,8,11H2,1H3. The molecule has 5 heteroatoms. The van der Waals surface area contributed by atoms with Gasteiger partial charge >= 0.3 is 0 Å². The number of hydrogen-bond acceptors (Lipinski definition) is 2. The molecule has 1 aliphatic heterocycles. The minimum absolute atomic E-state index is 0.0283. The van der Waals surface area contributed by atoms with E-state index in [2.05, 4.69) is 10.3 Å². The number of aromatic nitrogens is 1. The smallest absolute Gasteiger partial charge is 0.256 e. The summed E-state index contributed by atoms with van der Waals surface area (Å²) in [6.45, 7) is 1.51. The van der Waals surface area contributed by atoms with Crippen LogP contribution in [0.5, 0.6) is 0 Å². The second-order valence-electron chi connectivity index (χ2n) is 5.67. The zero-order chi connectivity index (χ0) is 15.5. The van der Waals surface area contributed by atoms with Crippen LogP contribution in [0.25, 0.3) is 11.1 Å². The maximum absolute atomic E-state index is 13.1. The molecule has 1 aromatic heterocycles. The van der Waals surface area contributed by atoms with E-state index in [4.69, 9.17) is 0 Å². The van der Waals surface area contributed by atoms with E-state index in [0.29, 0.717) is 11.6 Å². The van der Waals surface area contributed by atoms with E-state index >= 15 is 0 Å². The molecular formula is C17H20FN3O. The van der Waals surface area contributed by atoms with Crippen molar-refractivity contribution in [1.82, 2.24) is 15.2 Å². The first-order chi connectivity index (χ1) is 10.7. The summed E-state index contributed by atoms with van der Waals surface area (Å²) in [6.07, 6.45) is 5.62. The molecule has 0 spiro atoms. The number of amides is 1. The van der Waals surface area contributed by atoms with E-state index in [9.17, 15) is 9.18 Å². The molecule has 1 amide bonds. The second kappa shape index (κ2) is 6.32. The lowest BCUT2D eigenvalue weighted by molar-refractivity contribution is 0.0699. The zero-order valence-corrected chi connectivity index (χ0v) is 12.6. The number of nitrogens with one attached hydrogen (secondary N) is 2. The predicted octanol–water partition coefficient (Wildman–Crippen LogP) is 2.64. The average Bonchev–Trinajstić information content (AvgIpc) is 3.04. The molecule has 0 bridgehead atoms. The van der Waals surface area contributed by atoms with Gasteiger partial charge in [0, 0.05) is 37.1 Å². The topological polar surface area (TPSA) is 48.1 Å². The molecule has 1 saturated heterocycles. The van der Waals surface area contributed by atoms with Crippen molar-refractivity contribution in [3.63, 3.8) is 0 Å². The number of carbonyl (C=O) groups excluding carboxylic acids is 1. The maximum atomic E-state index is 13.1. The SMILES string of the molecule is CNC1CCCN(C(=O)c2c[nH]cc2-c2ccc(F)cc2)C1. The van der Waals surface area contributed by atoms with Crippen LogP contribution in [0.2, 0.25) is 0 Å². The van der Waals surface area contributed by atoms with Crippen LogP contribution in [-0.4, -0.2) is 42.0 Å². The molecule has 1 fully saturated rings. The van der Waals surface area contributed by atoms with Gasteiger partial charge in [-0.05, 0) is 37.6 Å². The fraction of sp³-hybridized carbons (Fsp3) is 0.353. The van der Waals surface area contributed by atoms with Crippen molar-refractivity contribution in [2.75, 3.05) is 20.1 Å². The molecule has 2 heterocycles. The van der Waals surface area contributed by atoms with Crippen molar-refractivity contribution in [2.24, 2.45) is 0 Å². The Bertz CT molecular complexity index is 650. The van der Waals surface area contributed by atoms with Gasteiger partial charge < -0.3 is 15.2 Å². The number of likely N-dealkylation sites (N-methyl/N-ethyl adjacent to an activating group) is 1. The van der Waals surface area contributed by atoms with Gasteiger partial charge in [0.2, 0.25) is 0 Å². The monoisotopic (exact) mass is 301 g/mol. The third-order valence-corrected chi connectivity index (χ3v) is 4.25. The minimum atomic E-state index is -0.278. The average molecular weight is 301 g/mol. The van der Waals surface area contributed by atoms with E-state index in [0.717, 1.165) is 37.1 Å². The van der Waals surface area contributed by atoms with Crippen molar-refractivity contribution in [1.29, 1.82) is 0 Å².